The molecule has 1 aromatic carbocycles. The fourth-order valence-electron chi connectivity index (χ4n) is 7.87. The van der Waals surface area contributed by atoms with Gasteiger partial charge in [0.15, 0.2) is 5.78 Å². The number of hydrogen-bond acceptors (Lipinski definition) is 1. The second kappa shape index (κ2) is 6.73. The highest BCUT2D eigenvalue weighted by Crippen LogP contribution is 2.66. The van der Waals surface area contributed by atoms with Gasteiger partial charge in [0.1, 0.15) is 0 Å². The molecule has 3 unspecified atom stereocenters. The molecule has 1 aromatic rings. The van der Waals surface area contributed by atoms with E-state index in [1.54, 1.807) is 0 Å². The summed E-state index contributed by atoms with van der Waals surface area (Å²) in [6.45, 7) is 4.88. The number of Topliss-reactive ketones (excluding diaryl/α,β-unsaturated/α-hetero) is 1. The summed E-state index contributed by atoms with van der Waals surface area (Å²) in [5, 5.41) is 0.746. The summed E-state index contributed by atoms with van der Waals surface area (Å²) in [6.07, 6.45) is 13.8. The summed E-state index contributed by atoms with van der Waals surface area (Å²) in [7, 11) is 0. The van der Waals surface area contributed by atoms with Crippen molar-refractivity contribution in [1.29, 1.82) is 0 Å². The molecule has 6 atom stereocenters. The van der Waals surface area contributed by atoms with Gasteiger partial charge < -0.3 is 0 Å². The van der Waals surface area contributed by atoms with Gasteiger partial charge in [-0.2, -0.15) is 0 Å². The molecule has 0 saturated heterocycles. The normalized spacial score (nSPS) is 44.1. The second-order valence-electron chi connectivity index (χ2n) is 10.6. The van der Waals surface area contributed by atoms with Gasteiger partial charge in [0.25, 0.3) is 0 Å². The second-order valence-corrected chi connectivity index (χ2v) is 11.0. The number of allylic oxidation sites excluding steroid dienone is 1. The minimum absolute atomic E-state index is 0.147. The predicted octanol–water partition coefficient (Wildman–Crippen LogP) is 7.34. The van der Waals surface area contributed by atoms with Crippen molar-refractivity contribution >= 4 is 23.5 Å². The Bertz CT molecular complexity index is 825. The van der Waals surface area contributed by atoms with Gasteiger partial charge in [-0.25, -0.2) is 0 Å². The van der Waals surface area contributed by atoms with Crippen LogP contribution in [0.2, 0.25) is 5.02 Å². The molecule has 28 heavy (non-hydrogen) atoms. The molecule has 0 spiro atoms. The summed E-state index contributed by atoms with van der Waals surface area (Å²) in [5.41, 5.74) is 2.40. The molecule has 0 bridgehead atoms. The van der Waals surface area contributed by atoms with Crippen LogP contribution in [-0.2, 0) is 4.79 Å². The third-order valence-corrected chi connectivity index (χ3v) is 9.80. The average Bonchev–Trinajstić information content (AvgIpc) is 2.94. The third-order valence-electron chi connectivity index (χ3n) is 9.46. The molecule has 2 heteroatoms. The van der Waals surface area contributed by atoms with Crippen molar-refractivity contribution in [2.45, 2.75) is 71.6 Å². The predicted molar refractivity (Wildman–Crippen MR) is 116 cm³/mol. The third kappa shape index (κ3) is 2.68. The molecule has 0 N–H and O–H groups in total. The van der Waals surface area contributed by atoms with Crippen molar-refractivity contribution < 1.29 is 4.79 Å². The Kier molecular flexibility index (Phi) is 4.54. The van der Waals surface area contributed by atoms with Gasteiger partial charge in [-0.05, 0) is 97.3 Å². The van der Waals surface area contributed by atoms with E-state index in [0.717, 1.165) is 46.8 Å². The first-order valence-electron chi connectivity index (χ1n) is 11.4. The molecule has 5 rings (SSSR count). The van der Waals surface area contributed by atoms with Crippen LogP contribution in [0.3, 0.4) is 0 Å². The first-order valence-corrected chi connectivity index (χ1v) is 11.8. The standard InChI is InChI=1S/C26H33ClO/c1-25-13-6-5-8-19(25)10-11-20-21(25)12-14-26(2)22(20)16-18(24(26)28)15-17-7-3-4-9-23(17)27/h3-4,7,9,15,19-22H,5-6,8,10-14,16H2,1-2H3/b18-15+/t19-,20?,21?,22?,25+,26+/m0/s1. The van der Waals surface area contributed by atoms with Gasteiger partial charge in [-0.15, -0.1) is 0 Å². The van der Waals surface area contributed by atoms with E-state index in [2.05, 4.69) is 19.9 Å². The molecule has 0 radical (unpaired) electrons. The average molecular weight is 397 g/mol. The summed E-state index contributed by atoms with van der Waals surface area (Å²) >= 11 is 6.39. The van der Waals surface area contributed by atoms with Gasteiger partial charge in [-0.3, -0.25) is 4.79 Å². The number of fused-ring (bicyclic) bond motifs is 5. The number of carbonyl (C=O) groups excluding carboxylic acids is 1. The zero-order valence-electron chi connectivity index (χ0n) is 17.3. The van der Waals surface area contributed by atoms with Crippen molar-refractivity contribution in [2.24, 2.45) is 34.5 Å². The Morgan fingerprint density at radius 1 is 1.00 bits per heavy atom. The van der Waals surface area contributed by atoms with Crippen LogP contribution in [0.15, 0.2) is 29.8 Å². The van der Waals surface area contributed by atoms with Gasteiger partial charge in [0.2, 0.25) is 0 Å². The van der Waals surface area contributed by atoms with Crippen LogP contribution in [0, 0.1) is 34.5 Å². The maximum atomic E-state index is 13.5. The SMILES string of the molecule is C[C@@]12CCC3C(CC[C@@H]4CCCC[C@@]34C)C1C/C(=C\c1ccccc1Cl)C2=O. The van der Waals surface area contributed by atoms with Crippen molar-refractivity contribution in [3.05, 3.63) is 40.4 Å². The lowest BCUT2D eigenvalue weighted by Gasteiger charge is -2.59. The van der Waals surface area contributed by atoms with Gasteiger partial charge in [0, 0.05) is 10.4 Å². The van der Waals surface area contributed by atoms with Crippen LogP contribution in [0.1, 0.15) is 77.2 Å². The monoisotopic (exact) mass is 396 g/mol. The molecular formula is C26H33ClO. The highest BCUT2D eigenvalue weighted by Gasteiger charge is 2.60. The van der Waals surface area contributed by atoms with Crippen LogP contribution < -0.4 is 0 Å². The van der Waals surface area contributed by atoms with E-state index in [-0.39, 0.29) is 5.41 Å². The number of carbonyl (C=O) groups is 1. The van der Waals surface area contributed by atoms with Crippen molar-refractivity contribution in [2.75, 3.05) is 0 Å². The molecule has 4 aliphatic rings. The highest BCUT2D eigenvalue weighted by molar-refractivity contribution is 6.32. The van der Waals surface area contributed by atoms with E-state index in [1.165, 1.54) is 44.9 Å². The molecule has 0 heterocycles. The minimum atomic E-state index is -0.147. The zero-order chi connectivity index (χ0) is 19.5. The maximum absolute atomic E-state index is 13.5. The maximum Gasteiger partial charge on any atom is 0.165 e. The Labute approximate surface area is 174 Å². The molecule has 0 aromatic heterocycles. The smallest absolute Gasteiger partial charge is 0.165 e. The van der Waals surface area contributed by atoms with E-state index in [1.807, 2.05) is 24.3 Å². The van der Waals surface area contributed by atoms with Crippen molar-refractivity contribution in [3.8, 4) is 0 Å². The fraction of sp³-hybridized carbons (Fsp3) is 0.654. The molecule has 0 amide bonds. The summed E-state index contributed by atoms with van der Waals surface area (Å²) in [6, 6.07) is 7.91. The van der Waals surface area contributed by atoms with Gasteiger partial charge >= 0.3 is 0 Å². The number of benzene rings is 1. The number of halogens is 1. The van der Waals surface area contributed by atoms with Crippen LogP contribution in [0.25, 0.3) is 6.08 Å². The van der Waals surface area contributed by atoms with Crippen LogP contribution in [-0.4, -0.2) is 5.78 Å². The molecule has 4 fully saturated rings. The lowest BCUT2D eigenvalue weighted by Crippen LogP contribution is -2.52. The van der Waals surface area contributed by atoms with Crippen molar-refractivity contribution in [3.63, 3.8) is 0 Å². The molecule has 4 saturated carbocycles. The highest BCUT2D eigenvalue weighted by atomic mass is 35.5. The van der Waals surface area contributed by atoms with Crippen LogP contribution in [0.5, 0.6) is 0 Å². The van der Waals surface area contributed by atoms with Crippen molar-refractivity contribution in [1.82, 2.24) is 0 Å². The Morgan fingerprint density at radius 2 is 1.82 bits per heavy atom. The Balaban J connectivity index is 1.48. The van der Waals surface area contributed by atoms with E-state index >= 15 is 0 Å². The molecular weight excluding hydrogens is 364 g/mol. The number of rotatable bonds is 1. The first kappa shape index (κ1) is 18.9. The van der Waals surface area contributed by atoms with E-state index in [9.17, 15) is 4.79 Å². The Morgan fingerprint density at radius 3 is 2.64 bits per heavy atom. The van der Waals surface area contributed by atoms with Crippen LogP contribution >= 0.6 is 11.6 Å². The topological polar surface area (TPSA) is 17.1 Å². The number of ketones is 1. The molecule has 1 nitrogen and oxygen atoms in total. The molecule has 4 aliphatic carbocycles. The zero-order valence-corrected chi connectivity index (χ0v) is 18.1. The quantitative estimate of drug-likeness (QED) is 0.454. The number of hydrogen-bond donors (Lipinski definition) is 0. The largest absolute Gasteiger partial charge is 0.294 e. The Hall–Kier alpha value is -1.08. The van der Waals surface area contributed by atoms with E-state index in [0.29, 0.717) is 17.1 Å². The summed E-state index contributed by atoms with van der Waals surface area (Å²) < 4.78 is 0. The molecule has 0 aliphatic heterocycles. The lowest BCUT2D eigenvalue weighted by atomic mass is 9.45. The summed E-state index contributed by atoms with van der Waals surface area (Å²) in [5.74, 6) is 3.44. The lowest BCUT2D eigenvalue weighted by molar-refractivity contribution is -0.137. The van der Waals surface area contributed by atoms with Gasteiger partial charge in [0.05, 0.1) is 0 Å². The summed E-state index contributed by atoms with van der Waals surface area (Å²) in [4.78, 5) is 13.5. The molecule has 150 valence electrons. The first-order chi connectivity index (χ1) is 13.4. The van der Waals surface area contributed by atoms with Gasteiger partial charge in [-0.1, -0.05) is 56.5 Å². The minimum Gasteiger partial charge on any atom is -0.294 e. The van der Waals surface area contributed by atoms with E-state index in [4.69, 9.17) is 11.6 Å². The van der Waals surface area contributed by atoms with Crippen LogP contribution in [0.4, 0.5) is 0 Å². The fourth-order valence-corrected chi connectivity index (χ4v) is 8.06. The van der Waals surface area contributed by atoms with E-state index < -0.39 is 0 Å².